The van der Waals surface area contributed by atoms with Crippen LogP contribution in [0.1, 0.15) is 63.8 Å². The maximum atomic E-state index is 10.2. The monoisotopic (exact) mass is 463 g/mol. The van der Waals surface area contributed by atoms with Crippen molar-refractivity contribution in [2.24, 2.45) is 16.0 Å². The van der Waals surface area contributed by atoms with Gasteiger partial charge in [-0.1, -0.05) is 54.9 Å². The number of nitrogens with one attached hydrogen (secondary N) is 1. The normalized spacial score (nSPS) is 22.5. The van der Waals surface area contributed by atoms with Gasteiger partial charge in [0.2, 0.25) is 0 Å². The zero-order valence-electron chi connectivity index (χ0n) is 19.3. The molecule has 1 aromatic carbocycles. The number of hydrogen-bond donors (Lipinski definition) is 2. The Morgan fingerprint density at radius 3 is 2.61 bits per heavy atom. The molecule has 0 amide bonds. The molecule has 2 aliphatic heterocycles. The molecule has 1 unspecified atom stereocenters. The van der Waals surface area contributed by atoms with E-state index in [0.29, 0.717) is 30.0 Å². The molecule has 0 bridgehead atoms. The fourth-order valence-corrected chi connectivity index (χ4v) is 4.36. The Balaban J connectivity index is 1.46. The topological polar surface area (TPSA) is 76.9 Å². The number of aliphatic hydroxyl groups is 1. The van der Waals surface area contributed by atoms with E-state index in [-0.39, 0.29) is 0 Å². The zero-order valence-corrected chi connectivity index (χ0v) is 20.1. The third-order valence-electron chi connectivity index (χ3n) is 6.11. The van der Waals surface area contributed by atoms with Crippen LogP contribution in [0.2, 0.25) is 0 Å². The minimum atomic E-state index is -0.877. The van der Waals surface area contributed by atoms with Crippen LogP contribution in [0, 0.1) is 5.92 Å². The molecule has 5 rings (SSSR count). The fourth-order valence-electron chi connectivity index (χ4n) is 4.15. The van der Waals surface area contributed by atoms with Crippen LogP contribution in [0.5, 0.6) is 0 Å². The molecule has 3 heterocycles. The molecule has 1 atom stereocenters. The summed E-state index contributed by atoms with van der Waals surface area (Å²) in [5.41, 5.74) is 5.16. The van der Waals surface area contributed by atoms with Crippen molar-refractivity contribution in [1.29, 1.82) is 0 Å². The van der Waals surface area contributed by atoms with E-state index in [2.05, 4.69) is 58.4 Å². The van der Waals surface area contributed by atoms with Gasteiger partial charge in [0.15, 0.2) is 0 Å². The Morgan fingerprint density at radius 1 is 1.18 bits per heavy atom. The molecule has 172 valence electrons. The molecule has 0 radical (unpaired) electrons. The van der Waals surface area contributed by atoms with Gasteiger partial charge in [-0.3, -0.25) is 4.99 Å². The lowest BCUT2D eigenvalue weighted by Gasteiger charge is -2.30. The number of imidazole rings is 1. The van der Waals surface area contributed by atoms with Crippen LogP contribution < -0.4 is 0 Å². The second-order valence-corrected chi connectivity index (χ2v) is 10.4. The largest absolute Gasteiger partial charge is 0.389 e. The Bertz CT molecular complexity index is 1160. The van der Waals surface area contributed by atoms with Crippen LogP contribution in [0.25, 0.3) is 17.0 Å². The highest BCUT2D eigenvalue weighted by Gasteiger charge is 2.29. The minimum absolute atomic E-state index is 0.314. The maximum Gasteiger partial charge on any atom is 0.133 e. The molecule has 33 heavy (non-hydrogen) atoms. The van der Waals surface area contributed by atoms with Crippen LogP contribution in [-0.2, 0) is 0 Å². The Hall–Kier alpha value is -2.70. The van der Waals surface area contributed by atoms with Gasteiger partial charge in [-0.2, -0.15) is 5.10 Å². The number of hydrogen-bond acceptors (Lipinski definition) is 5. The van der Waals surface area contributed by atoms with E-state index in [0.717, 1.165) is 46.2 Å². The number of H-pyrrole nitrogens is 1. The SMILES string of the molecule is CC1C=C(c2ccc(-c3cnc(C4CC4)[nH]3)cc2)N2N=C(Cl)CC(=NCC(C)(C)O)C2=CC1. The lowest BCUT2D eigenvalue weighted by atomic mass is 10.0. The summed E-state index contributed by atoms with van der Waals surface area (Å²) in [5.74, 6) is 2.05. The second-order valence-electron chi connectivity index (χ2n) is 9.93. The van der Waals surface area contributed by atoms with E-state index in [9.17, 15) is 5.11 Å². The van der Waals surface area contributed by atoms with E-state index in [1.54, 1.807) is 13.8 Å². The van der Waals surface area contributed by atoms with Gasteiger partial charge in [0.05, 0.1) is 41.1 Å². The first kappa shape index (κ1) is 22.1. The number of halogens is 1. The molecule has 1 aromatic heterocycles. The predicted octanol–water partition coefficient (Wildman–Crippen LogP) is 5.69. The first-order valence-electron chi connectivity index (χ1n) is 11.6. The number of benzene rings is 1. The Morgan fingerprint density at radius 2 is 1.91 bits per heavy atom. The second kappa shape index (κ2) is 8.58. The van der Waals surface area contributed by atoms with Crippen LogP contribution in [0.15, 0.2) is 58.4 Å². The minimum Gasteiger partial charge on any atom is -0.389 e. The van der Waals surface area contributed by atoms with Gasteiger partial charge in [0.25, 0.3) is 0 Å². The van der Waals surface area contributed by atoms with Crippen LogP contribution in [-0.4, -0.2) is 43.1 Å². The molecule has 1 fully saturated rings. The van der Waals surface area contributed by atoms with E-state index in [1.807, 2.05) is 11.2 Å². The Kier molecular flexibility index (Phi) is 5.75. The van der Waals surface area contributed by atoms with Gasteiger partial charge in [0.1, 0.15) is 11.0 Å². The van der Waals surface area contributed by atoms with Crippen LogP contribution in [0.4, 0.5) is 0 Å². The fraction of sp³-hybridized carbons (Fsp3) is 0.423. The van der Waals surface area contributed by atoms with Crippen molar-refractivity contribution in [3.8, 4) is 11.3 Å². The maximum absolute atomic E-state index is 10.2. The average molecular weight is 464 g/mol. The smallest absolute Gasteiger partial charge is 0.133 e. The van der Waals surface area contributed by atoms with E-state index >= 15 is 0 Å². The van der Waals surface area contributed by atoms with Gasteiger partial charge in [-0.15, -0.1) is 0 Å². The summed E-state index contributed by atoms with van der Waals surface area (Å²) in [4.78, 5) is 12.7. The van der Waals surface area contributed by atoms with Gasteiger partial charge < -0.3 is 10.1 Å². The summed E-state index contributed by atoms with van der Waals surface area (Å²) in [5, 5.41) is 17.3. The number of nitrogens with zero attached hydrogens (tertiary/aromatic N) is 4. The van der Waals surface area contributed by atoms with E-state index in [1.165, 1.54) is 12.8 Å². The number of hydrazone groups is 1. The summed E-state index contributed by atoms with van der Waals surface area (Å²) in [7, 11) is 0. The number of fused-ring (bicyclic) bond motifs is 1. The van der Waals surface area contributed by atoms with Gasteiger partial charge in [-0.25, -0.2) is 9.99 Å². The highest BCUT2D eigenvalue weighted by molar-refractivity contribution is 6.67. The van der Waals surface area contributed by atoms with Crippen molar-refractivity contribution in [3.63, 3.8) is 0 Å². The van der Waals surface area contributed by atoms with Crippen molar-refractivity contribution >= 4 is 28.2 Å². The number of aromatic nitrogens is 2. The van der Waals surface area contributed by atoms with Crippen molar-refractivity contribution in [1.82, 2.24) is 15.0 Å². The summed E-state index contributed by atoms with van der Waals surface area (Å²) >= 11 is 6.46. The number of aromatic amines is 1. The number of aliphatic imine (C=N–C) groups is 1. The van der Waals surface area contributed by atoms with Crippen LogP contribution >= 0.6 is 11.6 Å². The highest BCUT2D eigenvalue weighted by atomic mass is 35.5. The molecule has 0 spiro atoms. The predicted molar refractivity (Wildman–Crippen MR) is 134 cm³/mol. The molecule has 3 aliphatic rings. The molecule has 1 saturated carbocycles. The van der Waals surface area contributed by atoms with Crippen molar-refractivity contribution < 1.29 is 5.11 Å². The van der Waals surface area contributed by atoms with Crippen LogP contribution in [0.3, 0.4) is 0 Å². The number of allylic oxidation sites excluding steroid dienone is 3. The summed E-state index contributed by atoms with van der Waals surface area (Å²) in [6.45, 7) is 6.04. The molecule has 2 N–H and O–H groups in total. The molecule has 1 aliphatic carbocycles. The number of rotatable bonds is 5. The standard InChI is InChI=1S/C26H30ClN5O/c1-16-4-11-22-20(29-15-26(2,3)33)13-24(27)31-32(22)23(12-16)18-7-5-17(6-8-18)21-14-28-25(30-21)19-9-10-19/h5-8,11-12,14,16,19,33H,4,9-10,13,15H2,1-3H3,(H,28,30). The van der Waals surface area contributed by atoms with Gasteiger partial charge >= 0.3 is 0 Å². The highest BCUT2D eigenvalue weighted by Crippen LogP contribution is 2.39. The average Bonchev–Trinajstić information content (AvgIpc) is 3.53. The van der Waals surface area contributed by atoms with Crippen molar-refractivity contribution in [2.75, 3.05) is 6.54 Å². The lowest BCUT2D eigenvalue weighted by molar-refractivity contribution is 0.0904. The van der Waals surface area contributed by atoms with Gasteiger partial charge in [-0.05, 0) is 50.2 Å². The molecule has 2 aromatic rings. The van der Waals surface area contributed by atoms with E-state index in [4.69, 9.17) is 16.6 Å². The molecule has 6 nitrogen and oxygen atoms in total. The zero-order chi connectivity index (χ0) is 23.2. The summed E-state index contributed by atoms with van der Waals surface area (Å²) in [6, 6.07) is 8.50. The first-order chi connectivity index (χ1) is 15.8. The molecule has 0 saturated heterocycles. The third kappa shape index (κ3) is 4.97. The quantitative estimate of drug-likeness (QED) is 0.598. The Labute approximate surface area is 199 Å². The van der Waals surface area contributed by atoms with Crippen molar-refractivity contribution in [2.45, 2.75) is 58.0 Å². The van der Waals surface area contributed by atoms with Crippen molar-refractivity contribution in [3.05, 3.63) is 59.7 Å². The first-order valence-corrected chi connectivity index (χ1v) is 12.0. The summed E-state index contributed by atoms with van der Waals surface area (Å²) in [6.07, 6.45) is 10.2. The summed E-state index contributed by atoms with van der Waals surface area (Å²) < 4.78 is 0. The third-order valence-corrected chi connectivity index (χ3v) is 6.32. The molecular weight excluding hydrogens is 434 g/mol. The van der Waals surface area contributed by atoms with Gasteiger partial charge in [0, 0.05) is 12.3 Å². The molecule has 7 heteroatoms. The van der Waals surface area contributed by atoms with E-state index < -0.39 is 5.60 Å². The molecular formula is C26H30ClN5O. The lowest BCUT2D eigenvalue weighted by Crippen LogP contribution is -2.30.